The number of aryl methyl sites for hydroxylation is 1. The van der Waals surface area contributed by atoms with E-state index in [1.165, 1.54) is 5.56 Å². The molecule has 1 atom stereocenters. The maximum atomic E-state index is 4.32. The minimum atomic E-state index is 0.456. The fourth-order valence-corrected chi connectivity index (χ4v) is 3.23. The molecule has 4 nitrogen and oxygen atoms in total. The van der Waals surface area contributed by atoms with E-state index < -0.39 is 0 Å². The zero-order chi connectivity index (χ0) is 13.4. The second-order valence-corrected chi connectivity index (χ2v) is 6.29. The summed E-state index contributed by atoms with van der Waals surface area (Å²) >= 11 is 1.77. The fourth-order valence-electron chi connectivity index (χ4n) is 2.08. The van der Waals surface area contributed by atoms with Crippen LogP contribution in [0.5, 0.6) is 0 Å². The zero-order valence-corrected chi connectivity index (χ0v) is 12.2. The topological polar surface area (TPSA) is 42.7 Å². The Labute approximate surface area is 117 Å². The number of thioether (sulfide) groups is 1. The molecular formula is C14H18N4S. The molecule has 1 aliphatic heterocycles. The van der Waals surface area contributed by atoms with Crippen molar-refractivity contribution < 1.29 is 0 Å². The Morgan fingerprint density at radius 3 is 2.68 bits per heavy atom. The first-order valence-corrected chi connectivity index (χ1v) is 7.55. The van der Waals surface area contributed by atoms with Crippen LogP contribution in [0.2, 0.25) is 0 Å². The largest absolute Gasteiger partial charge is 0.318 e. The van der Waals surface area contributed by atoms with E-state index in [-0.39, 0.29) is 0 Å². The quantitative estimate of drug-likeness (QED) is 0.914. The van der Waals surface area contributed by atoms with Gasteiger partial charge in [0.25, 0.3) is 0 Å². The summed E-state index contributed by atoms with van der Waals surface area (Å²) in [6, 6.07) is 8.85. The van der Waals surface area contributed by atoms with E-state index in [9.17, 15) is 0 Å². The Morgan fingerprint density at radius 2 is 2.00 bits per heavy atom. The van der Waals surface area contributed by atoms with Crippen LogP contribution in [0.3, 0.4) is 0 Å². The van der Waals surface area contributed by atoms with Crippen LogP contribution in [0.25, 0.3) is 11.4 Å². The number of rotatable bonds is 2. The van der Waals surface area contributed by atoms with Crippen molar-refractivity contribution in [2.24, 2.45) is 5.92 Å². The highest BCUT2D eigenvalue weighted by Crippen LogP contribution is 2.28. The van der Waals surface area contributed by atoms with Gasteiger partial charge < -0.3 is 5.43 Å². The van der Waals surface area contributed by atoms with Crippen molar-refractivity contribution in [3.05, 3.63) is 29.8 Å². The maximum absolute atomic E-state index is 4.32. The molecule has 1 N–H and O–H groups in total. The van der Waals surface area contributed by atoms with Gasteiger partial charge in [0, 0.05) is 11.3 Å². The van der Waals surface area contributed by atoms with Gasteiger partial charge in [0.05, 0.1) is 6.04 Å². The van der Waals surface area contributed by atoms with Crippen molar-refractivity contribution in [1.29, 1.82) is 0 Å². The van der Waals surface area contributed by atoms with E-state index in [0.29, 0.717) is 12.0 Å². The van der Waals surface area contributed by atoms with Crippen molar-refractivity contribution >= 4 is 11.8 Å². The molecule has 0 fully saturated rings. The lowest BCUT2D eigenvalue weighted by atomic mass is 10.1. The molecule has 3 rings (SSSR count). The Balaban J connectivity index is 1.97. The van der Waals surface area contributed by atoms with Crippen molar-refractivity contribution in [2.45, 2.75) is 32.0 Å². The second kappa shape index (κ2) is 4.89. The third-order valence-corrected chi connectivity index (χ3v) is 4.48. The normalized spacial score (nSPS) is 18.2. The molecular weight excluding hydrogens is 256 g/mol. The summed E-state index contributed by atoms with van der Waals surface area (Å²) in [5.74, 6) is 2.53. The number of nitrogens with one attached hydrogen (secondary N) is 1. The lowest BCUT2D eigenvalue weighted by Gasteiger charge is -2.28. The molecule has 100 valence electrons. The number of hydrogen-bond donors (Lipinski definition) is 1. The number of aromatic nitrogens is 3. The minimum absolute atomic E-state index is 0.456. The van der Waals surface area contributed by atoms with E-state index >= 15 is 0 Å². The molecule has 1 unspecified atom stereocenters. The lowest BCUT2D eigenvalue weighted by molar-refractivity contribution is 0.503. The van der Waals surface area contributed by atoms with Gasteiger partial charge in [-0.15, -0.1) is 10.2 Å². The second-order valence-electron chi connectivity index (χ2n) is 5.30. The van der Waals surface area contributed by atoms with Crippen LogP contribution in [-0.4, -0.2) is 26.7 Å². The van der Waals surface area contributed by atoms with Gasteiger partial charge in [-0.05, 0) is 12.8 Å². The van der Waals surface area contributed by atoms with Gasteiger partial charge in [0.15, 0.2) is 5.82 Å². The molecule has 2 heterocycles. The van der Waals surface area contributed by atoms with E-state index in [1.54, 1.807) is 11.8 Å². The predicted molar refractivity (Wildman–Crippen MR) is 78.9 cm³/mol. The molecule has 2 aromatic rings. The first-order chi connectivity index (χ1) is 9.15. The third kappa shape index (κ3) is 2.34. The Morgan fingerprint density at radius 1 is 1.26 bits per heavy atom. The van der Waals surface area contributed by atoms with Crippen LogP contribution >= 0.6 is 11.8 Å². The van der Waals surface area contributed by atoms with Crippen molar-refractivity contribution in [2.75, 3.05) is 11.2 Å². The first-order valence-electron chi connectivity index (χ1n) is 6.57. The molecule has 0 saturated carbocycles. The highest BCUT2D eigenvalue weighted by molar-refractivity contribution is 7.99. The maximum Gasteiger partial charge on any atom is 0.210 e. The van der Waals surface area contributed by atoms with Crippen LogP contribution in [0.15, 0.2) is 29.4 Å². The van der Waals surface area contributed by atoms with Crippen LogP contribution in [0.1, 0.15) is 19.4 Å². The number of fused-ring (bicyclic) bond motifs is 1. The summed E-state index contributed by atoms with van der Waals surface area (Å²) in [4.78, 5) is 0. The van der Waals surface area contributed by atoms with Crippen LogP contribution in [0, 0.1) is 12.8 Å². The Bertz CT molecular complexity index is 574. The third-order valence-electron chi connectivity index (χ3n) is 3.43. The molecule has 1 aromatic heterocycles. The van der Waals surface area contributed by atoms with Gasteiger partial charge in [-0.25, -0.2) is 4.68 Å². The van der Waals surface area contributed by atoms with Gasteiger partial charge in [0.1, 0.15) is 0 Å². The van der Waals surface area contributed by atoms with Gasteiger partial charge in [0.2, 0.25) is 5.16 Å². The van der Waals surface area contributed by atoms with E-state index in [1.807, 2.05) is 4.68 Å². The van der Waals surface area contributed by atoms with Crippen LogP contribution in [-0.2, 0) is 0 Å². The summed E-state index contributed by atoms with van der Waals surface area (Å²) in [5, 5.41) is 9.54. The Hall–Kier alpha value is -1.49. The van der Waals surface area contributed by atoms with E-state index in [0.717, 1.165) is 22.3 Å². The van der Waals surface area contributed by atoms with Gasteiger partial charge in [-0.3, -0.25) is 0 Å². The van der Waals surface area contributed by atoms with Crippen molar-refractivity contribution in [1.82, 2.24) is 14.9 Å². The molecule has 0 radical (unpaired) electrons. The molecule has 0 spiro atoms. The van der Waals surface area contributed by atoms with E-state index in [4.69, 9.17) is 0 Å². The summed E-state index contributed by atoms with van der Waals surface area (Å²) < 4.78 is 2.03. The van der Waals surface area contributed by atoms with Gasteiger partial charge >= 0.3 is 0 Å². The van der Waals surface area contributed by atoms with E-state index in [2.05, 4.69) is 60.7 Å². The SMILES string of the molecule is Cc1ccc(-c2nnc3n2NC(C(C)C)CS3)cc1. The average Bonchev–Trinajstić information content (AvgIpc) is 2.82. The Kier molecular flexibility index (Phi) is 3.22. The lowest BCUT2D eigenvalue weighted by Crippen LogP contribution is -2.38. The molecule has 0 bridgehead atoms. The van der Waals surface area contributed by atoms with Gasteiger partial charge in [-0.2, -0.15) is 0 Å². The monoisotopic (exact) mass is 274 g/mol. The van der Waals surface area contributed by atoms with Gasteiger partial charge in [-0.1, -0.05) is 55.4 Å². The average molecular weight is 274 g/mol. The molecule has 0 saturated heterocycles. The predicted octanol–water partition coefficient (Wildman–Crippen LogP) is 2.93. The molecule has 5 heteroatoms. The molecule has 0 aliphatic carbocycles. The van der Waals surface area contributed by atoms with Crippen LogP contribution < -0.4 is 5.43 Å². The first kappa shape index (κ1) is 12.5. The van der Waals surface area contributed by atoms with Crippen LogP contribution in [0.4, 0.5) is 0 Å². The molecule has 19 heavy (non-hydrogen) atoms. The number of hydrogen-bond acceptors (Lipinski definition) is 4. The zero-order valence-electron chi connectivity index (χ0n) is 11.4. The number of nitrogens with zero attached hydrogens (tertiary/aromatic N) is 3. The summed E-state index contributed by atoms with van der Waals surface area (Å²) in [5.41, 5.74) is 5.88. The molecule has 0 amide bonds. The fraction of sp³-hybridized carbons (Fsp3) is 0.429. The smallest absolute Gasteiger partial charge is 0.210 e. The summed E-state index contributed by atoms with van der Waals surface area (Å²) in [6.45, 7) is 6.56. The summed E-state index contributed by atoms with van der Waals surface area (Å²) in [6.07, 6.45) is 0. The van der Waals surface area contributed by atoms with Crippen molar-refractivity contribution in [3.8, 4) is 11.4 Å². The minimum Gasteiger partial charge on any atom is -0.318 e. The standard InChI is InChI=1S/C14H18N4S/c1-9(2)12-8-19-14-16-15-13(18(14)17-12)11-6-4-10(3)5-7-11/h4-7,9,12,17H,8H2,1-3H3. The highest BCUT2D eigenvalue weighted by Gasteiger charge is 2.25. The molecule has 1 aliphatic rings. The van der Waals surface area contributed by atoms with Crippen molar-refractivity contribution in [3.63, 3.8) is 0 Å². The number of benzene rings is 1. The highest BCUT2D eigenvalue weighted by atomic mass is 32.2. The molecule has 1 aromatic carbocycles. The summed E-state index contributed by atoms with van der Waals surface area (Å²) in [7, 11) is 0.